The number of non-ortho nitro benzene ring substituents is 1. The van der Waals surface area contributed by atoms with Gasteiger partial charge in [-0.15, -0.1) is 10.2 Å². The second-order valence-corrected chi connectivity index (χ2v) is 8.06. The van der Waals surface area contributed by atoms with E-state index in [-0.39, 0.29) is 29.8 Å². The molecule has 0 aliphatic rings. The van der Waals surface area contributed by atoms with Gasteiger partial charge in [-0.05, 0) is 24.6 Å². The van der Waals surface area contributed by atoms with Gasteiger partial charge >= 0.3 is 0 Å². The molecule has 10 nitrogen and oxygen atoms in total. The topological polar surface area (TPSA) is 132 Å². The monoisotopic (exact) mass is 474 g/mol. The van der Waals surface area contributed by atoms with E-state index in [0.29, 0.717) is 32.8 Å². The van der Waals surface area contributed by atoms with Gasteiger partial charge in [0.2, 0.25) is 5.91 Å². The third kappa shape index (κ3) is 5.62. The van der Waals surface area contributed by atoms with E-state index in [0.717, 1.165) is 11.8 Å². The van der Waals surface area contributed by atoms with E-state index < -0.39 is 4.92 Å². The number of halogens is 1. The molecule has 0 atom stereocenters. The normalized spacial score (nSPS) is 10.6. The van der Waals surface area contributed by atoms with Gasteiger partial charge in [0.05, 0.1) is 33.5 Å². The summed E-state index contributed by atoms with van der Waals surface area (Å²) in [4.78, 5) is 35.0. The van der Waals surface area contributed by atoms with E-state index in [1.807, 2.05) is 0 Å². The molecule has 166 valence electrons. The first-order valence-electron chi connectivity index (χ1n) is 9.35. The molecule has 0 fully saturated rings. The van der Waals surface area contributed by atoms with Crippen molar-refractivity contribution in [2.75, 3.05) is 11.1 Å². The van der Waals surface area contributed by atoms with Gasteiger partial charge in [-0.2, -0.15) is 0 Å². The average molecular weight is 475 g/mol. The van der Waals surface area contributed by atoms with E-state index in [1.54, 1.807) is 48.9 Å². The lowest BCUT2D eigenvalue weighted by atomic mass is 10.2. The summed E-state index contributed by atoms with van der Waals surface area (Å²) < 4.78 is 1.67. The van der Waals surface area contributed by atoms with Crippen LogP contribution in [0, 0.1) is 17.0 Å². The standard InChI is InChI=1S/C20H19ClN6O4S/c1-12-7-8-13(27(30)31)9-16(12)23-18(28)11-32-20-25-24-17(26(20)2)10-22-19(29)14-5-3-4-6-15(14)21/h3-9H,10-11H2,1-2H3,(H,22,29)(H,23,28). The van der Waals surface area contributed by atoms with Crippen molar-refractivity contribution in [3.05, 3.63) is 74.6 Å². The number of carbonyl (C=O) groups excluding carboxylic acids is 2. The Bertz CT molecular complexity index is 1180. The smallest absolute Gasteiger partial charge is 0.271 e. The van der Waals surface area contributed by atoms with Crippen LogP contribution in [0.5, 0.6) is 0 Å². The molecule has 2 amide bonds. The first-order chi connectivity index (χ1) is 15.3. The quantitative estimate of drug-likeness (QED) is 0.290. The van der Waals surface area contributed by atoms with Crippen LogP contribution in [0.1, 0.15) is 21.7 Å². The van der Waals surface area contributed by atoms with Crippen LogP contribution in [0.15, 0.2) is 47.6 Å². The Morgan fingerprint density at radius 1 is 1.22 bits per heavy atom. The zero-order valence-electron chi connectivity index (χ0n) is 17.2. The summed E-state index contributed by atoms with van der Waals surface area (Å²) in [6.45, 7) is 1.88. The van der Waals surface area contributed by atoms with E-state index in [2.05, 4.69) is 20.8 Å². The predicted molar refractivity (Wildman–Crippen MR) is 121 cm³/mol. The van der Waals surface area contributed by atoms with Crippen LogP contribution in [0.25, 0.3) is 0 Å². The van der Waals surface area contributed by atoms with Crippen LogP contribution in [0.4, 0.5) is 11.4 Å². The van der Waals surface area contributed by atoms with Crippen LogP contribution >= 0.6 is 23.4 Å². The molecule has 0 saturated heterocycles. The lowest BCUT2D eigenvalue weighted by molar-refractivity contribution is -0.384. The van der Waals surface area contributed by atoms with Crippen molar-refractivity contribution in [3.63, 3.8) is 0 Å². The first kappa shape index (κ1) is 23.2. The molecule has 2 aromatic carbocycles. The molecule has 0 spiro atoms. The number of hydrogen-bond acceptors (Lipinski definition) is 7. The maximum Gasteiger partial charge on any atom is 0.271 e. The zero-order chi connectivity index (χ0) is 23.3. The van der Waals surface area contributed by atoms with Gasteiger partial charge in [0.15, 0.2) is 11.0 Å². The van der Waals surface area contributed by atoms with E-state index in [1.165, 1.54) is 12.1 Å². The molecule has 1 heterocycles. The summed E-state index contributed by atoms with van der Waals surface area (Å²) in [6.07, 6.45) is 0. The summed E-state index contributed by atoms with van der Waals surface area (Å²) in [5.41, 5.74) is 1.35. The van der Waals surface area contributed by atoms with Crippen LogP contribution in [-0.2, 0) is 18.4 Å². The minimum absolute atomic E-state index is 0.0279. The van der Waals surface area contributed by atoms with E-state index in [4.69, 9.17) is 11.6 Å². The molecule has 0 bridgehead atoms. The van der Waals surface area contributed by atoms with Crippen molar-refractivity contribution < 1.29 is 14.5 Å². The molecule has 0 aliphatic carbocycles. The summed E-state index contributed by atoms with van der Waals surface area (Å²) in [5, 5.41) is 25.3. The zero-order valence-corrected chi connectivity index (χ0v) is 18.7. The van der Waals surface area contributed by atoms with Gasteiger partial charge in [0, 0.05) is 19.2 Å². The Hall–Kier alpha value is -3.44. The molecule has 12 heteroatoms. The highest BCUT2D eigenvalue weighted by Gasteiger charge is 2.15. The molecule has 0 saturated carbocycles. The number of nitrogens with zero attached hydrogens (tertiary/aromatic N) is 4. The van der Waals surface area contributed by atoms with Crippen molar-refractivity contribution in [2.45, 2.75) is 18.6 Å². The van der Waals surface area contributed by atoms with Gasteiger partial charge in [0.25, 0.3) is 11.6 Å². The molecular weight excluding hydrogens is 456 g/mol. The summed E-state index contributed by atoms with van der Waals surface area (Å²) in [6, 6.07) is 11.0. The SMILES string of the molecule is Cc1ccc([N+](=O)[O-])cc1NC(=O)CSc1nnc(CNC(=O)c2ccccc2Cl)n1C. The van der Waals surface area contributed by atoms with Crippen molar-refractivity contribution in [1.82, 2.24) is 20.1 Å². The molecule has 32 heavy (non-hydrogen) atoms. The molecule has 3 aromatic rings. The van der Waals surface area contributed by atoms with Gasteiger partial charge < -0.3 is 15.2 Å². The number of carbonyl (C=O) groups is 2. The Morgan fingerprint density at radius 3 is 2.69 bits per heavy atom. The molecule has 0 aliphatic heterocycles. The summed E-state index contributed by atoms with van der Waals surface area (Å²) in [5.74, 6) is -0.141. The van der Waals surface area contributed by atoms with E-state index >= 15 is 0 Å². The fourth-order valence-corrected chi connectivity index (χ4v) is 3.65. The molecule has 1 aromatic heterocycles. The molecule has 0 radical (unpaired) electrons. The molecular formula is C20H19ClN6O4S. The van der Waals surface area contributed by atoms with Crippen LogP contribution in [0.3, 0.4) is 0 Å². The molecule has 2 N–H and O–H groups in total. The van der Waals surface area contributed by atoms with Gasteiger partial charge in [-0.3, -0.25) is 19.7 Å². The van der Waals surface area contributed by atoms with E-state index in [9.17, 15) is 19.7 Å². The third-order valence-corrected chi connectivity index (χ3v) is 5.84. The van der Waals surface area contributed by atoms with Crippen LogP contribution < -0.4 is 10.6 Å². The molecule has 3 rings (SSSR count). The predicted octanol–water partition coefficient (Wildman–Crippen LogP) is 3.35. The average Bonchev–Trinajstić information content (AvgIpc) is 3.11. The minimum atomic E-state index is -0.518. The van der Waals surface area contributed by atoms with Crippen LogP contribution in [0.2, 0.25) is 5.02 Å². The Morgan fingerprint density at radius 2 is 1.97 bits per heavy atom. The highest BCUT2D eigenvalue weighted by atomic mass is 35.5. The number of anilines is 1. The fraction of sp³-hybridized carbons (Fsp3) is 0.200. The van der Waals surface area contributed by atoms with Gasteiger partial charge in [-0.25, -0.2) is 0 Å². The maximum atomic E-state index is 12.3. The Kier molecular flexibility index (Phi) is 7.44. The molecule has 0 unspecified atom stereocenters. The van der Waals surface area contributed by atoms with Gasteiger partial charge in [0.1, 0.15) is 0 Å². The van der Waals surface area contributed by atoms with Crippen molar-refractivity contribution in [1.29, 1.82) is 0 Å². The highest BCUT2D eigenvalue weighted by Crippen LogP contribution is 2.23. The number of hydrogen-bond donors (Lipinski definition) is 2. The number of nitro benzene ring substituents is 1. The van der Waals surface area contributed by atoms with Crippen molar-refractivity contribution in [2.24, 2.45) is 7.05 Å². The Balaban J connectivity index is 1.56. The van der Waals surface area contributed by atoms with Crippen molar-refractivity contribution >= 4 is 46.6 Å². The number of nitrogens with one attached hydrogen (secondary N) is 2. The van der Waals surface area contributed by atoms with Crippen LogP contribution in [-0.4, -0.2) is 37.3 Å². The summed E-state index contributed by atoms with van der Waals surface area (Å²) in [7, 11) is 1.72. The maximum absolute atomic E-state index is 12.3. The highest BCUT2D eigenvalue weighted by molar-refractivity contribution is 7.99. The number of rotatable bonds is 8. The number of amides is 2. The third-order valence-electron chi connectivity index (χ3n) is 4.49. The number of nitro groups is 1. The second kappa shape index (κ2) is 10.2. The Labute approximate surface area is 192 Å². The van der Waals surface area contributed by atoms with Crippen molar-refractivity contribution in [3.8, 4) is 0 Å². The number of thioether (sulfide) groups is 1. The first-order valence-corrected chi connectivity index (χ1v) is 10.7. The second-order valence-electron chi connectivity index (χ2n) is 6.71. The largest absolute Gasteiger partial charge is 0.345 e. The number of aryl methyl sites for hydroxylation is 1. The lowest BCUT2D eigenvalue weighted by Gasteiger charge is -2.08. The van der Waals surface area contributed by atoms with Gasteiger partial charge in [-0.1, -0.05) is 41.6 Å². The minimum Gasteiger partial charge on any atom is -0.345 e. The summed E-state index contributed by atoms with van der Waals surface area (Å²) >= 11 is 7.18. The lowest BCUT2D eigenvalue weighted by Crippen LogP contribution is -2.24. The fourth-order valence-electron chi connectivity index (χ4n) is 2.70. The number of aromatic nitrogens is 3. The number of benzene rings is 2.